The summed E-state index contributed by atoms with van der Waals surface area (Å²) in [5, 5.41) is 15.7. The highest BCUT2D eigenvalue weighted by molar-refractivity contribution is 7.08. The molecule has 1 aromatic heterocycles. The van der Waals surface area contributed by atoms with Gasteiger partial charge in [0.25, 0.3) is 0 Å². The number of hydrogen-bond acceptors (Lipinski definition) is 4. The van der Waals surface area contributed by atoms with Crippen molar-refractivity contribution in [3.05, 3.63) is 52.2 Å². The van der Waals surface area contributed by atoms with Gasteiger partial charge in [-0.2, -0.15) is 24.5 Å². The van der Waals surface area contributed by atoms with Crippen molar-refractivity contribution in [1.29, 1.82) is 0 Å². The second kappa shape index (κ2) is 8.98. The summed E-state index contributed by atoms with van der Waals surface area (Å²) in [7, 11) is 3.79. The molecule has 8 heteroatoms. The van der Waals surface area contributed by atoms with Crippen LogP contribution in [0.3, 0.4) is 0 Å². The van der Waals surface area contributed by atoms with Gasteiger partial charge in [0, 0.05) is 24.9 Å². The number of benzene rings is 1. The summed E-state index contributed by atoms with van der Waals surface area (Å²) in [4.78, 5) is 14.6. The van der Waals surface area contributed by atoms with Crippen molar-refractivity contribution < 1.29 is 23.1 Å². The Labute approximate surface area is 178 Å². The summed E-state index contributed by atoms with van der Waals surface area (Å²) >= 11 is 1.35. The minimum absolute atomic E-state index is 0.0180. The van der Waals surface area contributed by atoms with Crippen LogP contribution in [0.2, 0.25) is 0 Å². The fourth-order valence-corrected chi connectivity index (χ4v) is 4.61. The van der Waals surface area contributed by atoms with E-state index >= 15 is 0 Å². The molecule has 1 amide bonds. The number of nitrogens with zero attached hydrogens (tertiary/aromatic N) is 1. The lowest BCUT2D eigenvalue weighted by molar-refractivity contribution is -0.194. The molecule has 1 unspecified atom stereocenters. The van der Waals surface area contributed by atoms with E-state index in [9.17, 15) is 23.1 Å². The van der Waals surface area contributed by atoms with E-state index < -0.39 is 17.5 Å². The number of carbonyl (C=O) groups excluding carboxylic acids is 1. The quantitative estimate of drug-likeness (QED) is 0.601. The van der Waals surface area contributed by atoms with Crippen molar-refractivity contribution in [2.45, 2.75) is 43.8 Å². The monoisotopic (exact) mass is 440 g/mol. The van der Waals surface area contributed by atoms with Crippen LogP contribution >= 0.6 is 11.3 Å². The molecule has 1 aliphatic carbocycles. The maximum atomic E-state index is 13.7. The number of hydrogen-bond donors (Lipinski definition) is 2. The zero-order valence-electron chi connectivity index (χ0n) is 17.1. The second-order valence-corrected chi connectivity index (χ2v) is 9.04. The Hall–Kier alpha value is -2.06. The van der Waals surface area contributed by atoms with Gasteiger partial charge in [0.15, 0.2) is 0 Å². The first kappa shape index (κ1) is 22.6. The van der Waals surface area contributed by atoms with Crippen molar-refractivity contribution >= 4 is 17.2 Å². The zero-order valence-corrected chi connectivity index (χ0v) is 17.9. The molecule has 1 aliphatic rings. The number of nitrogens with one attached hydrogen (secondary N) is 1. The molecule has 1 saturated carbocycles. The Morgan fingerprint density at radius 1 is 1.23 bits per heavy atom. The molecule has 2 aromatic rings. The van der Waals surface area contributed by atoms with Crippen LogP contribution in [-0.4, -0.2) is 48.8 Å². The van der Waals surface area contributed by atoms with E-state index in [-0.39, 0.29) is 37.0 Å². The highest BCUT2D eigenvalue weighted by atomic mass is 32.1. The van der Waals surface area contributed by atoms with Crippen LogP contribution in [0, 0.1) is 5.41 Å². The SMILES string of the molecule is CN(C)[C@H](CNC(=O)CC(c1ccsc1)C1(C(F)(F)F)CC1)Cc1ccc(O)cc1. The molecular formula is C22H27F3N2O2S. The van der Waals surface area contributed by atoms with E-state index in [0.717, 1.165) is 5.56 Å². The van der Waals surface area contributed by atoms with E-state index in [2.05, 4.69) is 5.32 Å². The average Bonchev–Trinajstić information content (AvgIpc) is 3.32. The zero-order chi connectivity index (χ0) is 21.9. The highest BCUT2D eigenvalue weighted by Crippen LogP contribution is 2.66. The first-order chi connectivity index (χ1) is 14.1. The molecule has 0 aliphatic heterocycles. The molecule has 4 nitrogen and oxygen atoms in total. The van der Waals surface area contributed by atoms with E-state index in [4.69, 9.17) is 0 Å². The van der Waals surface area contributed by atoms with Crippen LogP contribution < -0.4 is 5.32 Å². The summed E-state index contributed by atoms with van der Waals surface area (Å²) in [6.45, 7) is 0.335. The molecule has 1 aromatic carbocycles. The van der Waals surface area contributed by atoms with Gasteiger partial charge in [0.05, 0.1) is 5.41 Å². The number of aromatic hydroxyl groups is 1. The summed E-state index contributed by atoms with van der Waals surface area (Å²) in [6, 6.07) is 8.54. The predicted octanol–water partition coefficient (Wildman–Crippen LogP) is 4.56. The van der Waals surface area contributed by atoms with Gasteiger partial charge in [-0.3, -0.25) is 4.79 Å². The van der Waals surface area contributed by atoms with Gasteiger partial charge in [-0.15, -0.1) is 0 Å². The number of halogens is 3. The first-order valence-electron chi connectivity index (χ1n) is 9.92. The van der Waals surface area contributed by atoms with Crippen molar-refractivity contribution in [1.82, 2.24) is 10.2 Å². The van der Waals surface area contributed by atoms with Gasteiger partial charge in [-0.1, -0.05) is 12.1 Å². The largest absolute Gasteiger partial charge is 0.508 e. The Morgan fingerprint density at radius 3 is 2.40 bits per heavy atom. The topological polar surface area (TPSA) is 52.6 Å². The smallest absolute Gasteiger partial charge is 0.395 e. The van der Waals surface area contributed by atoms with Gasteiger partial charge in [-0.25, -0.2) is 0 Å². The Balaban J connectivity index is 1.64. The number of phenols is 1. The summed E-state index contributed by atoms with van der Waals surface area (Å²) < 4.78 is 41.2. The minimum Gasteiger partial charge on any atom is -0.508 e. The van der Waals surface area contributed by atoms with Crippen LogP contribution in [-0.2, 0) is 11.2 Å². The molecule has 1 fully saturated rings. The number of alkyl halides is 3. The third-order valence-corrected chi connectivity index (χ3v) is 6.73. The fraction of sp³-hybridized carbons (Fsp3) is 0.500. The van der Waals surface area contributed by atoms with Gasteiger partial charge in [0.2, 0.25) is 5.91 Å². The lowest BCUT2D eigenvalue weighted by atomic mass is 9.81. The lowest BCUT2D eigenvalue weighted by Gasteiger charge is -2.29. The number of rotatable bonds is 9. The van der Waals surface area contributed by atoms with Crippen LogP contribution in [0.4, 0.5) is 13.2 Å². The molecule has 2 atom stereocenters. The molecule has 0 bridgehead atoms. The average molecular weight is 441 g/mol. The Bertz CT molecular complexity index is 831. The van der Waals surface area contributed by atoms with Crippen molar-refractivity contribution in [2.75, 3.05) is 20.6 Å². The number of thiophene rings is 1. The third-order valence-electron chi connectivity index (χ3n) is 6.03. The third kappa shape index (κ3) is 5.16. The van der Waals surface area contributed by atoms with Gasteiger partial charge in [-0.05, 0) is 73.4 Å². The van der Waals surface area contributed by atoms with Crippen LogP contribution in [0.5, 0.6) is 5.75 Å². The molecule has 3 rings (SSSR count). The van der Waals surface area contributed by atoms with Crippen molar-refractivity contribution in [2.24, 2.45) is 5.41 Å². The molecule has 164 valence electrons. The first-order valence-corrected chi connectivity index (χ1v) is 10.9. The molecule has 1 heterocycles. The summed E-state index contributed by atoms with van der Waals surface area (Å²) in [6.07, 6.45) is -3.69. The standard InChI is InChI=1S/C22H27F3N2O2S/c1-27(2)17(11-15-3-5-18(28)6-4-15)13-26-20(29)12-19(16-7-10-30-14-16)21(8-9-21)22(23,24)25/h3-7,10,14,17,19,28H,8-9,11-13H2,1-2H3,(H,26,29)/t17-,19?/m0/s1. The summed E-state index contributed by atoms with van der Waals surface area (Å²) in [5.41, 5.74) is -0.178. The van der Waals surface area contributed by atoms with Crippen LogP contribution in [0.15, 0.2) is 41.1 Å². The van der Waals surface area contributed by atoms with E-state index in [1.54, 1.807) is 29.0 Å². The van der Waals surface area contributed by atoms with Crippen LogP contribution in [0.25, 0.3) is 0 Å². The predicted molar refractivity (Wildman–Crippen MR) is 112 cm³/mol. The summed E-state index contributed by atoms with van der Waals surface area (Å²) in [5.74, 6) is -1.02. The Kier molecular flexibility index (Phi) is 6.77. The molecule has 30 heavy (non-hydrogen) atoms. The lowest BCUT2D eigenvalue weighted by Crippen LogP contribution is -2.42. The maximum Gasteiger partial charge on any atom is 0.395 e. The Morgan fingerprint density at radius 2 is 1.90 bits per heavy atom. The minimum atomic E-state index is -4.31. The van der Waals surface area contributed by atoms with Crippen LogP contribution in [0.1, 0.15) is 36.3 Å². The van der Waals surface area contributed by atoms with Crippen molar-refractivity contribution in [3.8, 4) is 5.75 Å². The fourth-order valence-electron chi connectivity index (χ4n) is 3.90. The molecule has 0 radical (unpaired) electrons. The number of carbonyl (C=O) groups is 1. The number of phenolic OH excluding ortho intramolecular Hbond substituents is 1. The maximum absolute atomic E-state index is 13.7. The van der Waals surface area contributed by atoms with E-state index in [0.29, 0.717) is 18.5 Å². The number of likely N-dealkylation sites (N-methyl/N-ethyl adjacent to an activating group) is 1. The van der Waals surface area contributed by atoms with Gasteiger partial charge < -0.3 is 15.3 Å². The number of amides is 1. The molecule has 0 saturated heterocycles. The molecule has 0 spiro atoms. The second-order valence-electron chi connectivity index (χ2n) is 8.26. The van der Waals surface area contributed by atoms with E-state index in [1.165, 1.54) is 11.3 Å². The molecular weight excluding hydrogens is 413 g/mol. The molecule has 2 N–H and O–H groups in total. The van der Waals surface area contributed by atoms with E-state index in [1.807, 2.05) is 31.1 Å². The van der Waals surface area contributed by atoms with Crippen molar-refractivity contribution in [3.63, 3.8) is 0 Å². The van der Waals surface area contributed by atoms with Gasteiger partial charge in [0.1, 0.15) is 5.75 Å². The van der Waals surface area contributed by atoms with Gasteiger partial charge >= 0.3 is 6.18 Å². The highest BCUT2D eigenvalue weighted by Gasteiger charge is 2.67. The normalized spacial score (nSPS) is 17.5.